The Morgan fingerprint density at radius 2 is 1.86 bits per heavy atom. The molecule has 0 aliphatic rings. The molecule has 2 unspecified atom stereocenters. The lowest BCUT2D eigenvalue weighted by Crippen LogP contribution is -2.13. The van der Waals surface area contributed by atoms with Gasteiger partial charge in [-0.25, -0.2) is 4.98 Å². The molecule has 2 rings (SSSR count). The number of aryl methyl sites for hydroxylation is 1. The highest BCUT2D eigenvalue weighted by atomic mass is 35.5. The number of fused-ring (bicyclic) bond motifs is 1. The van der Waals surface area contributed by atoms with Crippen LogP contribution in [0.4, 0.5) is 0 Å². The lowest BCUT2D eigenvalue weighted by Gasteiger charge is -2.20. The second-order valence-corrected chi connectivity index (χ2v) is 6.88. The van der Waals surface area contributed by atoms with E-state index >= 15 is 0 Å². The molecule has 2 atom stereocenters. The number of imidazole rings is 1. The fourth-order valence-corrected chi connectivity index (χ4v) is 3.23. The molecule has 116 valence electrons. The average Bonchev–Trinajstić information content (AvgIpc) is 2.76. The SMILES string of the molecule is CCC(C)CC(C)n1c(CCCl)nc2cc(Cl)c(Cl)cc21. The van der Waals surface area contributed by atoms with Gasteiger partial charge in [-0.2, -0.15) is 0 Å². The summed E-state index contributed by atoms with van der Waals surface area (Å²) in [5, 5.41) is 1.11. The smallest absolute Gasteiger partial charge is 0.111 e. The molecule has 0 saturated heterocycles. The fraction of sp³-hybridized carbons (Fsp3) is 0.562. The van der Waals surface area contributed by atoms with E-state index < -0.39 is 0 Å². The number of aromatic nitrogens is 2. The van der Waals surface area contributed by atoms with Crippen LogP contribution in [-0.4, -0.2) is 15.4 Å². The van der Waals surface area contributed by atoms with Crippen LogP contribution in [0.3, 0.4) is 0 Å². The second kappa shape index (κ2) is 7.21. The maximum atomic E-state index is 6.18. The summed E-state index contributed by atoms with van der Waals surface area (Å²) < 4.78 is 2.27. The van der Waals surface area contributed by atoms with Gasteiger partial charge in [-0.05, 0) is 31.4 Å². The zero-order valence-corrected chi connectivity index (χ0v) is 14.9. The first-order chi connectivity index (χ1) is 9.97. The number of nitrogens with zero attached hydrogens (tertiary/aromatic N) is 2. The van der Waals surface area contributed by atoms with Crippen molar-refractivity contribution in [1.82, 2.24) is 9.55 Å². The van der Waals surface area contributed by atoms with Gasteiger partial charge >= 0.3 is 0 Å². The van der Waals surface area contributed by atoms with Crippen LogP contribution in [-0.2, 0) is 6.42 Å². The van der Waals surface area contributed by atoms with Crippen LogP contribution in [0, 0.1) is 5.92 Å². The number of hydrogen-bond donors (Lipinski definition) is 0. The number of halogens is 3. The molecule has 0 N–H and O–H groups in total. The molecular weight excluding hydrogens is 327 g/mol. The summed E-state index contributed by atoms with van der Waals surface area (Å²) in [4.78, 5) is 4.69. The summed E-state index contributed by atoms with van der Waals surface area (Å²) in [6.07, 6.45) is 3.03. The first-order valence-electron chi connectivity index (χ1n) is 7.39. The molecule has 2 nitrogen and oxygen atoms in total. The van der Waals surface area contributed by atoms with Gasteiger partial charge in [0.1, 0.15) is 5.82 Å². The first-order valence-corrected chi connectivity index (χ1v) is 8.68. The van der Waals surface area contributed by atoms with E-state index in [-0.39, 0.29) is 0 Å². The molecule has 1 aromatic heterocycles. The molecule has 5 heteroatoms. The van der Waals surface area contributed by atoms with Gasteiger partial charge in [0.25, 0.3) is 0 Å². The molecule has 0 aliphatic carbocycles. The van der Waals surface area contributed by atoms with E-state index in [0.29, 0.717) is 27.9 Å². The normalized spacial score (nSPS) is 14.6. The van der Waals surface area contributed by atoms with E-state index in [9.17, 15) is 0 Å². The molecule has 21 heavy (non-hydrogen) atoms. The fourth-order valence-electron chi connectivity index (χ4n) is 2.75. The number of alkyl halides is 1. The average molecular weight is 348 g/mol. The minimum absolute atomic E-state index is 0.361. The van der Waals surface area contributed by atoms with E-state index in [4.69, 9.17) is 39.8 Å². The Hall–Kier alpha value is -0.440. The summed E-state index contributed by atoms with van der Waals surface area (Å²) in [5.74, 6) is 2.24. The highest BCUT2D eigenvalue weighted by molar-refractivity contribution is 6.42. The second-order valence-electron chi connectivity index (χ2n) is 5.69. The number of benzene rings is 1. The van der Waals surface area contributed by atoms with Crippen LogP contribution < -0.4 is 0 Å². The van der Waals surface area contributed by atoms with E-state index in [2.05, 4.69) is 25.3 Å². The summed E-state index contributed by atoms with van der Waals surface area (Å²) in [5.41, 5.74) is 1.93. The quantitative estimate of drug-likeness (QED) is 0.575. The summed E-state index contributed by atoms with van der Waals surface area (Å²) in [6, 6.07) is 4.11. The third-order valence-corrected chi connectivity index (χ3v) is 4.92. The van der Waals surface area contributed by atoms with Crippen LogP contribution in [0.2, 0.25) is 10.0 Å². The molecule has 0 bridgehead atoms. The predicted octanol–water partition coefficient (Wildman–Crippen LogP) is 6.12. The predicted molar refractivity (Wildman–Crippen MR) is 93.0 cm³/mol. The number of hydrogen-bond acceptors (Lipinski definition) is 1. The third kappa shape index (κ3) is 3.67. The van der Waals surface area contributed by atoms with Gasteiger partial charge in [0, 0.05) is 18.3 Å². The van der Waals surface area contributed by atoms with Gasteiger partial charge in [0.05, 0.1) is 21.1 Å². The van der Waals surface area contributed by atoms with Gasteiger partial charge < -0.3 is 4.57 Å². The van der Waals surface area contributed by atoms with Gasteiger partial charge in [-0.15, -0.1) is 11.6 Å². The standard InChI is InChI=1S/C16H21Cl3N2/c1-4-10(2)7-11(3)21-15-9-13(19)12(18)8-14(15)20-16(21)5-6-17/h8-11H,4-7H2,1-3H3. The van der Waals surface area contributed by atoms with Crippen molar-refractivity contribution < 1.29 is 0 Å². The van der Waals surface area contributed by atoms with E-state index in [1.807, 2.05) is 12.1 Å². The number of rotatable bonds is 6. The van der Waals surface area contributed by atoms with Crippen LogP contribution in [0.15, 0.2) is 12.1 Å². The Morgan fingerprint density at radius 3 is 2.48 bits per heavy atom. The van der Waals surface area contributed by atoms with Crippen molar-refractivity contribution in [1.29, 1.82) is 0 Å². The Kier molecular flexibility index (Phi) is 5.81. The highest BCUT2D eigenvalue weighted by Gasteiger charge is 2.18. The van der Waals surface area contributed by atoms with Crippen molar-refractivity contribution in [3.8, 4) is 0 Å². The molecule has 0 spiro atoms. The molecule has 1 heterocycles. The van der Waals surface area contributed by atoms with Crippen molar-refractivity contribution in [2.45, 2.75) is 46.1 Å². The maximum Gasteiger partial charge on any atom is 0.111 e. The molecule has 1 aromatic carbocycles. The van der Waals surface area contributed by atoms with Crippen molar-refractivity contribution in [2.24, 2.45) is 5.92 Å². The van der Waals surface area contributed by atoms with Crippen molar-refractivity contribution in [2.75, 3.05) is 5.88 Å². The molecule has 0 amide bonds. The highest BCUT2D eigenvalue weighted by Crippen LogP contribution is 2.32. The van der Waals surface area contributed by atoms with E-state index in [1.165, 1.54) is 6.42 Å². The maximum absolute atomic E-state index is 6.18. The van der Waals surface area contributed by atoms with Crippen molar-refractivity contribution in [3.63, 3.8) is 0 Å². The van der Waals surface area contributed by atoms with Crippen LogP contribution >= 0.6 is 34.8 Å². The van der Waals surface area contributed by atoms with Crippen molar-refractivity contribution in [3.05, 3.63) is 28.0 Å². The summed E-state index contributed by atoms with van der Waals surface area (Å²) in [6.45, 7) is 6.73. The molecule has 0 saturated carbocycles. The van der Waals surface area contributed by atoms with Crippen LogP contribution in [0.1, 0.15) is 45.5 Å². The van der Waals surface area contributed by atoms with Crippen LogP contribution in [0.5, 0.6) is 0 Å². The topological polar surface area (TPSA) is 17.8 Å². The van der Waals surface area contributed by atoms with Gasteiger partial charge in [0.2, 0.25) is 0 Å². The Morgan fingerprint density at radius 1 is 1.19 bits per heavy atom. The Balaban J connectivity index is 2.52. The minimum atomic E-state index is 0.361. The molecule has 0 fully saturated rings. The third-order valence-electron chi connectivity index (χ3n) is 4.00. The van der Waals surface area contributed by atoms with Gasteiger partial charge in [-0.3, -0.25) is 0 Å². The summed E-state index contributed by atoms with van der Waals surface area (Å²) >= 11 is 18.2. The van der Waals surface area contributed by atoms with Crippen LogP contribution in [0.25, 0.3) is 11.0 Å². The minimum Gasteiger partial charge on any atom is -0.325 e. The van der Waals surface area contributed by atoms with E-state index in [0.717, 1.165) is 29.7 Å². The molecule has 0 aliphatic heterocycles. The zero-order valence-electron chi connectivity index (χ0n) is 12.7. The lowest BCUT2D eigenvalue weighted by molar-refractivity contribution is 0.397. The van der Waals surface area contributed by atoms with Crippen molar-refractivity contribution >= 4 is 45.8 Å². The molecule has 2 aromatic rings. The summed E-state index contributed by atoms with van der Waals surface area (Å²) in [7, 11) is 0. The Bertz CT molecular complexity index is 621. The first kappa shape index (κ1) is 16.9. The van der Waals surface area contributed by atoms with Gasteiger partial charge in [-0.1, -0.05) is 43.5 Å². The lowest BCUT2D eigenvalue weighted by atomic mass is 10.00. The van der Waals surface area contributed by atoms with Gasteiger partial charge in [0.15, 0.2) is 0 Å². The molecule has 0 radical (unpaired) electrons. The van der Waals surface area contributed by atoms with E-state index in [1.54, 1.807) is 0 Å². The molecular formula is C16H21Cl3N2. The monoisotopic (exact) mass is 346 g/mol. The zero-order chi connectivity index (χ0) is 15.6. The largest absolute Gasteiger partial charge is 0.325 e. The Labute approximate surface area is 141 Å².